The molecule has 1 amide bonds. The van der Waals surface area contributed by atoms with E-state index in [9.17, 15) is 4.79 Å². The average molecular weight is 298 g/mol. The Morgan fingerprint density at radius 3 is 3.11 bits per heavy atom. The zero-order chi connectivity index (χ0) is 13.7. The third-order valence-corrected chi connectivity index (χ3v) is 5.66. The summed E-state index contributed by atoms with van der Waals surface area (Å²) in [6.45, 7) is 2.55. The Bertz CT molecular complexity index is 449. The first-order chi connectivity index (χ1) is 9.20. The Balaban J connectivity index is 1.95. The van der Waals surface area contributed by atoms with E-state index in [2.05, 4.69) is 15.7 Å². The van der Waals surface area contributed by atoms with Crippen molar-refractivity contribution in [3.8, 4) is 0 Å². The van der Waals surface area contributed by atoms with Crippen molar-refractivity contribution >= 4 is 35.1 Å². The molecule has 0 spiro atoms. The van der Waals surface area contributed by atoms with Crippen molar-refractivity contribution in [1.29, 1.82) is 0 Å². The molecule has 1 saturated heterocycles. The second-order valence-electron chi connectivity index (χ2n) is 4.29. The molecule has 1 fully saturated rings. The third kappa shape index (κ3) is 4.02. The van der Waals surface area contributed by atoms with Crippen molar-refractivity contribution in [2.75, 3.05) is 29.2 Å². The van der Waals surface area contributed by atoms with Gasteiger partial charge < -0.3 is 10.7 Å². The van der Waals surface area contributed by atoms with Gasteiger partial charge >= 0.3 is 0 Å². The number of nitrogens with one attached hydrogen (secondary N) is 2. The van der Waals surface area contributed by atoms with E-state index < -0.39 is 0 Å². The summed E-state index contributed by atoms with van der Waals surface area (Å²) < 4.78 is 0. The van der Waals surface area contributed by atoms with Gasteiger partial charge in [-0.1, -0.05) is 0 Å². The van der Waals surface area contributed by atoms with E-state index in [1.54, 1.807) is 12.3 Å². The number of thioether (sulfide) groups is 2. The predicted octanol–water partition coefficient (Wildman–Crippen LogP) is 1.25. The fourth-order valence-electron chi connectivity index (χ4n) is 1.82. The van der Waals surface area contributed by atoms with Crippen molar-refractivity contribution in [2.24, 2.45) is 5.84 Å². The van der Waals surface area contributed by atoms with Crippen LogP contribution in [-0.4, -0.2) is 39.9 Å². The fourth-order valence-corrected chi connectivity index (χ4v) is 4.43. The highest BCUT2D eigenvalue weighted by atomic mass is 32.2. The van der Waals surface area contributed by atoms with E-state index in [0.717, 1.165) is 17.2 Å². The number of hydrogen-bond donors (Lipinski definition) is 3. The van der Waals surface area contributed by atoms with Crippen molar-refractivity contribution < 1.29 is 4.79 Å². The Morgan fingerprint density at radius 1 is 1.58 bits per heavy atom. The first kappa shape index (κ1) is 14.5. The highest BCUT2D eigenvalue weighted by molar-refractivity contribution is 8.06. The van der Waals surface area contributed by atoms with Crippen LogP contribution in [0.4, 0.5) is 5.69 Å². The molecule has 2 rings (SSSR count). The number of hydrogen-bond acceptors (Lipinski definition) is 6. The Kier molecular flexibility index (Phi) is 5.35. The van der Waals surface area contributed by atoms with Gasteiger partial charge in [0.25, 0.3) is 5.91 Å². The summed E-state index contributed by atoms with van der Waals surface area (Å²) in [5, 5.41) is 3.45. The fraction of sp³-hybridized carbons (Fsp3) is 0.500. The summed E-state index contributed by atoms with van der Waals surface area (Å²) in [6, 6.07) is 1.76. The minimum Gasteiger partial charge on any atom is -0.351 e. The van der Waals surface area contributed by atoms with Gasteiger partial charge in [-0.05, 0) is 13.0 Å². The molecule has 104 valence electrons. The SMILES string of the molecule is Cc1cc(NN)c(C(=O)NCC2CSCCS2)cn1. The molecule has 5 nitrogen and oxygen atoms in total. The third-order valence-electron chi connectivity index (χ3n) is 2.82. The summed E-state index contributed by atoms with van der Waals surface area (Å²) in [5.41, 5.74) is 4.46. The number of nitrogen functional groups attached to an aromatic ring is 1. The number of nitrogens with zero attached hydrogens (tertiary/aromatic N) is 1. The van der Waals surface area contributed by atoms with Crippen LogP contribution < -0.4 is 16.6 Å². The van der Waals surface area contributed by atoms with Crippen LogP contribution in [0, 0.1) is 6.92 Å². The van der Waals surface area contributed by atoms with E-state index in [4.69, 9.17) is 5.84 Å². The molecule has 1 unspecified atom stereocenters. The smallest absolute Gasteiger partial charge is 0.255 e. The number of rotatable bonds is 4. The lowest BCUT2D eigenvalue weighted by Crippen LogP contribution is -2.34. The Hall–Kier alpha value is -0.920. The number of anilines is 1. The van der Waals surface area contributed by atoms with Gasteiger partial charge in [0.15, 0.2) is 0 Å². The first-order valence-corrected chi connectivity index (χ1v) is 8.32. The molecule has 7 heteroatoms. The molecule has 1 atom stereocenters. The first-order valence-electron chi connectivity index (χ1n) is 6.11. The summed E-state index contributed by atoms with van der Waals surface area (Å²) in [4.78, 5) is 16.3. The molecule has 19 heavy (non-hydrogen) atoms. The Morgan fingerprint density at radius 2 is 2.42 bits per heavy atom. The standard InChI is InChI=1S/C12H18N4OS2/c1-8-4-11(16-13)10(6-14-8)12(17)15-5-9-7-18-2-3-19-9/h4,6,9H,2-3,5,7,13H2,1H3,(H,14,16)(H,15,17). The molecular formula is C12H18N4OS2. The molecule has 1 aliphatic heterocycles. The monoisotopic (exact) mass is 298 g/mol. The maximum atomic E-state index is 12.1. The van der Waals surface area contributed by atoms with Crippen molar-refractivity contribution in [1.82, 2.24) is 10.3 Å². The van der Waals surface area contributed by atoms with Crippen molar-refractivity contribution in [3.63, 3.8) is 0 Å². The van der Waals surface area contributed by atoms with Gasteiger partial charge in [0.1, 0.15) is 0 Å². The Labute approximate surface area is 121 Å². The second kappa shape index (κ2) is 7.02. The molecule has 4 N–H and O–H groups in total. The van der Waals surface area contributed by atoms with E-state index in [-0.39, 0.29) is 5.91 Å². The van der Waals surface area contributed by atoms with Crippen LogP contribution in [0.2, 0.25) is 0 Å². The van der Waals surface area contributed by atoms with Crippen LogP contribution in [0.5, 0.6) is 0 Å². The van der Waals surface area contributed by atoms with E-state index in [1.165, 1.54) is 5.75 Å². The minimum absolute atomic E-state index is 0.128. The van der Waals surface area contributed by atoms with Gasteiger partial charge in [0, 0.05) is 40.9 Å². The second-order valence-corrected chi connectivity index (χ2v) is 6.85. The van der Waals surface area contributed by atoms with Crippen LogP contribution in [0.1, 0.15) is 16.1 Å². The number of amides is 1. The lowest BCUT2D eigenvalue weighted by Gasteiger charge is -2.21. The molecule has 2 heterocycles. The maximum Gasteiger partial charge on any atom is 0.255 e. The normalized spacial score (nSPS) is 18.9. The average Bonchev–Trinajstić information content (AvgIpc) is 2.45. The number of pyridine rings is 1. The van der Waals surface area contributed by atoms with E-state index >= 15 is 0 Å². The minimum atomic E-state index is -0.128. The lowest BCUT2D eigenvalue weighted by molar-refractivity contribution is 0.0954. The molecule has 1 aromatic rings. The molecule has 1 aromatic heterocycles. The van der Waals surface area contributed by atoms with Gasteiger partial charge in [-0.15, -0.1) is 0 Å². The number of aromatic nitrogens is 1. The zero-order valence-electron chi connectivity index (χ0n) is 10.8. The van der Waals surface area contributed by atoms with Crippen LogP contribution in [0.25, 0.3) is 0 Å². The maximum absolute atomic E-state index is 12.1. The van der Waals surface area contributed by atoms with Gasteiger partial charge in [-0.25, -0.2) is 0 Å². The number of carbonyl (C=O) groups excluding carboxylic acids is 1. The summed E-state index contributed by atoms with van der Waals surface area (Å²) >= 11 is 3.86. The molecule has 0 radical (unpaired) electrons. The van der Waals surface area contributed by atoms with Crippen molar-refractivity contribution in [2.45, 2.75) is 12.2 Å². The van der Waals surface area contributed by atoms with Gasteiger partial charge in [-0.2, -0.15) is 23.5 Å². The van der Waals surface area contributed by atoms with E-state index in [0.29, 0.717) is 23.0 Å². The molecule has 0 bridgehead atoms. The topological polar surface area (TPSA) is 80.0 Å². The predicted molar refractivity (Wildman–Crippen MR) is 82.7 cm³/mol. The molecular weight excluding hydrogens is 280 g/mol. The van der Waals surface area contributed by atoms with Crippen LogP contribution in [-0.2, 0) is 0 Å². The summed E-state index contributed by atoms with van der Waals surface area (Å²) in [7, 11) is 0. The highest BCUT2D eigenvalue weighted by Crippen LogP contribution is 2.23. The lowest BCUT2D eigenvalue weighted by atomic mass is 10.2. The highest BCUT2D eigenvalue weighted by Gasteiger charge is 2.17. The van der Waals surface area contributed by atoms with Gasteiger partial charge in [-0.3, -0.25) is 15.6 Å². The van der Waals surface area contributed by atoms with E-state index in [1.807, 2.05) is 30.4 Å². The molecule has 0 saturated carbocycles. The quantitative estimate of drug-likeness (QED) is 0.573. The number of aryl methyl sites for hydroxylation is 1. The number of nitrogens with two attached hydrogens (primary N) is 1. The zero-order valence-corrected chi connectivity index (χ0v) is 12.4. The largest absolute Gasteiger partial charge is 0.351 e. The molecule has 1 aliphatic rings. The van der Waals surface area contributed by atoms with Gasteiger partial charge in [0.05, 0.1) is 11.3 Å². The van der Waals surface area contributed by atoms with Crippen LogP contribution in [0.3, 0.4) is 0 Å². The summed E-state index contributed by atoms with van der Waals surface area (Å²) in [5.74, 6) is 8.77. The van der Waals surface area contributed by atoms with Crippen LogP contribution in [0.15, 0.2) is 12.3 Å². The molecule has 0 aliphatic carbocycles. The summed E-state index contributed by atoms with van der Waals surface area (Å²) in [6.07, 6.45) is 1.56. The number of hydrazine groups is 1. The van der Waals surface area contributed by atoms with Crippen molar-refractivity contribution in [3.05, 3.63) is 23.5 Å². The van der Waals surface area contributed by atoms with Gasteiger partial charge in [0.2, 0.25) is 0 Å². The van der Waals surface area contributed by atoms with Crippen LogP contribution >= 0.6 is 23.5 Å². The number of carbonyl (C=O) groups is 1. The molecule has 0 aromatic carbocycles.